The first-order valence-corrected chi connectivity index (χ1v) is 26.5. The molecule has 10 rings (SSSR count). The maximum Gasteiger partial charge on any atom is 0.310 e. The van der Waals surface area contributed by atoms with Crippen LogP contribution >= 0.6 is 0 Å². The molecule has 1 aromatic carbocycles. The van der Waals surface area contributed by atoms with Crippen LogP contribution in [-0.4, -0.2) is 103 Å². The number of amides is 1. The quantitative estimate of drug-likeness (QED) is 0.232. The molecule has 0 aromatic heterocycles. The molecule has 7 aliphatic carbocycles. The predicted octanol–water partition coefficient (Wildman–Crippen LogP) is 9.82. The number of fused-ring (bicyclic) bond motifs is 7. The Morgan fingerprint density at radius 3 is 1.98 bits per heavy atom. The third-order valence-corrected chi connectivity index (χ3v) is 23.4. The van der Waals surface area contributed by atoms with E-state index in [1.165, 1.54) is 38.5 Å². The van der Waals surface area contributed by atoms with Crippen LogP contribution in [0.4, 0.5) is 0 Å². The van der Waals surface area contributed by atoms with Gasteiger partial charge in [-0.1, -0.05) is 85.7 Å². The van der Waals surface area contributed by atoms with Gasteiger partial charge in [-0.25, -0.2) is 0 Å². The number of esters is 1. The van der Waals surface area contributed by atoms with E-state index in [-0.39, 0.29) is 45.6 Å². The van der Waals surface area contributed by atoms with Crippen molar-refractivity contribution in [2.45, 2.75) is 145 Å². The van der Waals surface area contributed by atoms with E-state index in [4.69, 9.17) is 9.47 Å². The summed E-state index contributed by atoms with van der Waals surface area (Å²) >= 11 is 0. The molecule has 9 aliphatic rings. The molecule has 1 aromatic rings. The summed E-state index contributed by atoms with van der Waals surface area (Å²) < 4.78 is 11.5. The number of aliphatic carboxylic acids is 1. The molecule has 0 spiro atoms. The molecule has 9 nitrogen and oxygen atoms in total. The first-order chi connectivity index (χ1) is 30.8. The maximum atomic E-state index is 15.4. The summed E-state index contributed by atoms with van der Waals surface area (Å²) in [6.07, 6.45) is 14.2. The molecule has 1 N–H and O–H groups in total. The van der Waals surface area contributed by atoms with E-state index < -0.39 is 22.7 Å². The molecule has 12 atom stereocenters. The number of carbonyl (C=O) groups excluding carboxylic acids is 2. The van der Waals surface area contributed by atoms with Crippen LogP contribution in [0.25, 0.3) is 0 Å². The number of benzene rings is 1. The number of piperazine rings is 1. The van der Waals surface area contributed by atoms with Crippen LogP contribution in [0.5, 0.6) is 0 Å². The zero-order valence-electron chi connectivity index (χ0n) is 41.7. The molecule has 9 fully saturated rings. The van der Waals surface area contributed by atoms with Gasteiger partial charge in [0, 0.05) is 52.4 Å². The van der Waals surface area contributed by atoms with E-state index in [1.807, 2.05) is 44.2 Å². The molecule has 0 radical (unpaired) electrons. The van der Waals surface area contributed by atoms with Crippen molar-refractivity contribution < 1.29 is 29.0 Å². The number of nitrogens with zero attached hydrogens (tertiary/aromatic N) is 3. The summed E-state index contributed by atoms with van der Waals surface area (Å²) in [6, 6.07) is 9.78. The summed E-state index contributed by atoms with van der Waals surface area (Å²) in [6.45, 7) is 29.4. The highest BCUT2D eigenvalue weighted by molar-refractivity contribution is 5.85. The lowest BCUT2D eigenvalue weighted by atomic mass is 9.29. The third kappa shape index (κ3) is 6.76. The van der Waals surface area contributed by atoms with Gasteiger partial charge in [-0.2, -0.15) is 0 Å². The molecule has 65 heavy (non-hydrogen) atoms. The molecule has 2 heterocycles. The molecule has 2 aliphatic heterocycles. The Morgan fingerprint density at radius 2 is 1.34 bits per heavy atom. The van der Waals surface area contributed by atoms with E-state index in [2.05, 4.69) is 56.2 Å². The standard InChI is InChI=1S/C56H85N3O6/c1-49(2)42-18-20-54(8)44(52(42,6)19-17-43(49)56(48(62)63)36-41(50(56,3)4)46(60)65-37-38-12-10-9-11-13-38)15-14-40-45-39(51(5)22-23-51)16-21-55(45,25-24-53(40,54)7)47(61)59-30-28-57(29-31-59)26-27-58-32-34-64-35-33-58/h9-13,39-45H,14-37H2,1-8H3,(H,62,63)/t39?,40-,41+,42-,43+,44-,45-,52-,53-,54-,55+,56-/m1/s1. The fraction of sp³-hybridized carbons (Fsp3) is 0.839. The van der Waals surface area contributed by atoms with Gasteiger partial charge in [-0.3, -0.25) is 24.2 Å². The van der Waals surface area contributed by atoms with Crippen molar-refractivity contribution in [1.82, 2.24) is 14.7 Å². The van der Waals surface area contributed by atoms with Crippen LogP contribution in [0, 0.1) is 84.7 Å². The Kier molecular flexibility index (Phi) is 11.4. The van der Waals surface area contributed by atoms with Crippen molar-refractivity contribution in [2.75, 3.05) is 65.6 Å². The number of carbonyl (C=O) groups is 3. The highest BCUT2D eigenvalue weighted by atomic mass is 16.5. The van der Waals surface area contributed by atoms with Gasteiger partial charge in [0.2, 0.25) is 5.91 Å². The van der Waals surface area contributed by atoms with Gasteiger partial charge in [0.05, 0.1) is 30.0 Å². The molecular weight excluding hydrogens is 811 g/mol. The summed E-state index contributed by atoms with van der Waals surface area (Å²) in [4.78, 5) is 50.4. The number of carboxylic acid groups (broad SMARTS) is 1. The number of morpholine rings is 1. The summed E-state index contributed by atoms with van der Waals surface area (Å²) in [5.74, 6) is 1.72. The van der Waals surface area contributed by atoms with Crippen molar-refractivity contribution in [3.63, 3.8) is 0 Å². The smallest absolute Gasteiger partial charge is 0.310 e. The molecule has 2 saturated heterocycles. The number of hydrogen-bond acceptors (Lipinski definition) is 7. The van der Waals surface area contributed by atoms with Crippen LogP contribution in [0.2, 0.25) is 0 Å². The molecule has 360 valence electrons. The first kappa shape index (κ1) is 46.2. The van der Waals surface area contributed by atoms with Gasteiger partial charge in [0.25, 0.3) is 0 Å². The lowest BCUT2D eigenvalue weighted by molar-refractivity contribution is -0.270. The van der Waals surface area contributed by atoms with Crippen LogP contribution in [0.1, 0.15) is 144 Å². The van der Waals surface area contributed by atoms with Gasteiger partial charge in [0.15, 0.2) is 0 Å². The zero-order valence-corrected chi connectivity index (χ0v) is 41.7. The van der Waals surface area contributed by atoms with Crippen molar-refractivity contribution in [3.8, 4) is 0 Å². The highest BCUT2D eigenvalue weighted by Gasteiger charge is 2.77. The minimum absolute atomic E-state index is 0.0264. The highest BCUT2D eigenvalue weighted by Crippen LogP contribution is 2.81. The Bertz CT molecular complexity index is 1990. The Balaban J connectivity index is 0.870. The molecule has 9 heteroatoms. The van der Waals surface area contributed by atoms with E-state index in [9.17, 15) is 14.7 Å². The maximum absolute atomic E-state index is 15.4. The third-order valence-electron chi connectivity index (χ3n) is 23.4. The van der Waals surface area contributed by atoms with Gasteiger partial charge in [0.1, 0.15) is 6.61 Å². The summed E-state index contributed by atoms with van der Waals surface area (Å²) in [7, 11) is 0. The van der Waals surface area contributed by atoms with Gasteiger partial charge < -0.3 is 19.5 Å². The lowest BCUT2D eigenvalue weighted by Crippen LogP contribution is -2.71. The minimum Gasteiger partial charge on any atom is -0.481 e. The van der Waals surface area contributed by atoms with E-state index in [0.29, 0.717) is 47.3 Å². The Hall–Kier alpha value is -2.49. The predicted molar refractivity (Wildman–Crippen MR) is 253 cm³/mol. The van der Waals surface area contributed by atoms with Crippen LogP contribution in [-0.2, 0) is 30.5 Å². The normalized spacial score (nSPS) is 44.1. The largest absolute Gasteiger partial charge is 0.481 e. The van der Waals surface area contributed by atoms with E-state index in [1.54, 1.807) is 0 Å². The molecule has 0 bridgehead atoms. The lowest BCUT2D eigenvalue weighted by Gasteiger charge is -2.75. The van der Waals surface area contributed by atoms with Crippen molar-refractivity contribution in [1.29, 1.82) is 0 Å². The molecular formula is C56H85N3O6. The first-order valence-electron chi connectivity index (χ1n) is 26.5. The number of hydrogen-bond donors (Lipinski definition) is 1. The van der Waals surface area contributed by atoms with Crippen molar-refractivity contribution in [2.24, 2.45) is 84.7 Å². The zero-order chi connectivity index (χ0) is 46.0. The van der Waals surface area contributed by atoms with E-state index >= 15 is 4.79 Å². The second kappa shape index (κ2) is 16.0. The average Bonchev–Trinajstić information content (AvgIpc) is 3.90. The molecule has 1 amide bonds. The van der Waals surface area contributed by atoms with Crippen molar-refractivity contribution >= 4 is 17.8 Å². The fourth-order valence-corrected chi connectivity index (χ4v) is 19.1. The minimum atomic E-state index is -0.982. The van der Waals surface area contributed by atoms with Gasteiger partial charge in [-0.05, 0) is 157 Å². The van der Waals surface area contributed by atoms with Gasteiger partial charge in [-0.15, -0.1) is 0 Å². The topological polar surface area (TPSA) is 99.6 Å². The van der Waals surface area contributed by atoms with Crippen molar-refractivity contribution in [3.05, 3.63) is 35.9 Å². The number of carboxylic acids is 1. The number of rotatable bonds is 10. The average molecular weight is 896 g/mol. The Labute approximate surface area is 391 Å². The number of ether oxygens (including phenoxy) is 2. The SMILES string of the molecule is CC1(C2CC[C@]3(C(=O)N4CCN(CCN5CCOCC5)CC4)CC[C@]4(C)[C@H](CC[C@@H]5[C@]6(C)CC[C@H]([C@@]7(C(=O)O)C[C@@H](C(=O)OCc8ccccc8)C7(C)C)C(C)(C)[C@H]6CC[C@]54C)[C@@H]23)CC1. The monoisotopic (exact) mass is 896 g/mol. The van der Waals surface area contributed by atoms with E-state index in [0.717, 1.165) is 110 Å². The second-order valence-corrected chi connectivity index (χ2v) is 26.0. The van der Waals surface area contributed by atoms with Crippen LogP contribution < -0.4 is 0 Å². The van der Waals surface area contributed by atoms with Crippen LogP contribution in [0.15, 0.2) is 30.3 Å². The molecule has 7 saturated carbocycles. The van der Waals surface area contributed by atoms with Crippen LogP contribution in [0.3, 0.4) is 0 Å². The van der Waals surface area contributed by atoms with Gasteiger partial charge >= 0.3 is 11.9 Å². The second-order valence-electron chi connectivity index (χ2n) is 26.0. The Morgan fingerprint density at radius 1 is 0.677 bits per heavy atom. The summed E-state index contributed by atoms with van der Waals surface area (Å²) in [5.41, 5.74) is -0.367. The summed E-state index contributed by atoms with van der Waals surface area (Å²) in [5, 5.41) is 11.4. The molecule has 1 unspecified atom stereocenters. The fourth-order valence-electron chi connectivity index (χ4n) is 19.1.